The van der Waals surface area contributed by atoms with Gasteiger partial charge in [0.15, 0.2) is 0 Å². The minimum atomic E-state index is 0.182. The molecule has 2 aromatic heterocycles. The van der Waals surface area contributed by atoms with Gasteiger partial charge in [-0.2, -0.15) is 0 Å². The van der Waals surface area contributed by atoms with E-state index in [0.717, 1.165) is 13.1 Å². The zero-order chi connectivity index (χ0) is 17.4. The standard InChI is InChI=1S/C16H26N4O2.2Pt/c21-13-11-19-9-7-17(15-19)5-3-1-2-4-6-18-8-10-20(16-18)12-14-22;;/h7-10,21-22H,1-6,11-14H2;;. The summed E-state index contributed by atoms with van der Waals surface area (Å²) in [5.74, 6) is 0. The van der Waals surface area contributed by atoms with Crippen LogP contribution >= 0.6 is 0 Å². The Hall–Kier alpha value is -0.283. The quantitative estimate of drug-likeness (QED) is 0.349. The van der Waals surface area contributed by atoms with Crippen molar-refractivity contribution in [2.24, 2.45) is 0 Å². The number of aromatic nitrogens is 4. The van der Waals surface area contributed by atoms with Gasteiger partial charge in [-0.1, -0.05) is 0 Å². The molecule has 0 aliphatic carbocycles. The molecule has 8 heteroatoms. The first kappa shape index (κ1) is 20.0. The maximum atomic E-state index is 9.02. The molecule has 0 bridgehead atoms. The van der Waals surface area contributed by atoms with Gasteiger partial charge in [0.25, 0.3) is 0 Å². The Morgan fingerprint density at radius 3 is 1.25 bits per heavy atom. The summed E-state index contributed by atoms with van der Waals surface area (Å²) in [6, 6.07) is 0. The Morgan fingerprint density at radius 2 is 0.917 bits per heavy atom. The zero-order valence-corrected chi connectivity index (χ0v) is 18.2. The number of rotatable bonds is 11. The second-order valence-electron chi connectivity index (χ2n) is 5.71. The summed E-state index contributed by atoms with van der Waals surface area (Å²) in [7, 11) is 0. The Labute approximate surface area is 164 Å². The molecule has 0 aromatic carbocycles. The molecule has 0 aliphatic rings. The van der Waals surface area contributed by atoms with Gasteiger partial charge in [0, 0.05) is 0 Å². The second-order valence-corrected chi connectivity index (χ2v) is 7.75. The molecule has 0 spiro atoms. The molecule has 2 heterocycles. The Balaban J connectivity index is 1.67. The molecule has 0 aliphatic heterocycles. The minimum absolute atomic E-state index is 0.182. The molecule has 0 saturated carbocycles. The normalized spacial score (nSPS) is 11.4. The van der Waals surface area contributed by atoms with Crippen molar-refractivity contribution >= 4 is 0 Å². The molecule has 24 heavy (non-hydrogen) atoms. The summed E-state index contributed by atoms with van der Waals surface area (Å²) in [6.07, 6.45) is 13.1. The molecular formula is C16H26N4O2Pt2. The van der Waals surface area contributed by atoms with Crippen molar-refractivity contribution < 1.29 is 48.9 Å². The van der Waals surface area contributed by atoms with Crippen LogP contribution in [0.5, 0.6) is 0 Å². The van der Waals surface area contributed by atoms with Gasteiger partial charge in [-0.15, -0.1) is 0 Å². The van der Waals surface area contributed by atoms with Crippen molar-refractivity contribution in [1.29, 1.82) is 0 Å². The third-order valence-electron chi connectivity index (χ3n) is 3.96. The summed E-state index contributed by atoms with van der Waals surface area (Å²) in [4.78, 5) is 0. The van der Waals surface area contributed by atoms with E-state index in [-0.39, 0.29) is 13.2 Å². The van der Waals surface area contributed by atoms with Gasteiger partial charge in [0.2, 0.25) is 0 Å². The molecule has 6 nitrogen and oxygen atoms in total. The van der Waals surface area contributed by atoms with E-state index in [1.807, 2.05) is 12.4 Å². The molecule has 2 aromatic rings. The number of aliphatic hydroxyl groups is 2. The van der Waals surface area contributed by atoms with Gasteiger partial charge in [0.1, 0.15) is 0 Å². The van der Waals surface area contributed by atoms with Crippen molar-refractivity contribution in [3.63, 3.8) is 0 Å². The predicted octanol–water partition coefficient (Wildman–Crippen LogP) is 1.30. The van der Waals surface area contributed by atoms with Crippen molar-refractivity contribution in [1.82, 2.24) is 18.3 Å². The van der Waals surface area contributed by atoms with E-state index in [2.05, 4.69) is 69.4 Å². The number of aliphatic hydroxyl groups excluding tert-OH is 2. The summed E-state index contributed by atoms with van der Waals surface area (Å²) >= 11 is 4.64. The van der Waals surface area contributed by atoms with Gasteiger partial charge in [-0.3, -0.25) is 0 Å². The van der Waals surface area contributed by atoms with E-state index in [1.165, 1.54) is 33.3 Å². The van der Waals surface area contributed by atoms with Crippen molar-refractivity contribution in [3.8, 4) is 0 Å². The number of hydrogen-bond acceptors (Lipinski definition) is 2. The van der Waals surface area contributed by atoms with Crippen LogP contribution in [0.1, 0.15) is 25.7 Å². The summed E-state index contributed by atoms with van der Waals surface area (Å²) in [5.41, 5.74) is 0. The van der Waals surface area contributed by atoms with E-state index < -0.39 is 0 Å². The number of unbranched alkanes of at least 4 members (excludes halogenated alkanes) is 3. The number of imidazole rings is 2. The average molecular weight is 697 g/mol. The average Bonchev–Trinajstić information content (AvgIpc) is 3.09. The van der Waals surface area contributed by atoms with Crippen LogP contribution in [0.4, 0.5) is 0 Å². The first-order valence-electron chi connectivity index (χ1n) is 8.31. The number of nitrogens with zero attached hydrogens (tertiary/aromatic N) is 4. The summed E-state index contributed by atoms with van der Waals surface area (Å²) < 4.78 is 11.0. The van der Waals surface area contributed by atoms with Crippen LogP contribution in [-0.4, -0.2) is 41.7 Å². The summed E-state index contributed by atoms with van der Waals surface area (Å²) in [6.45, 7) is 3.77. The molecule has 0 atom stereocenters. The van der Waals surface area contributed by atoms with E-state index >= 15 is 0 Å². The van der Waals surface area contributed by atoms with Crippen LogP contribution in [0.3, 0.4) is 0 Å². The molecule has 2 N–H and O–H groups in total. The third-order valence-corrected chi connectivity index (χ3v) is 6.57. The third kappa shape index (κ3) is 5.62. The van der Waals surface area contributed by atoms with Crippen LogP contribution in [0, 0.1) is 7.61 Å². The van der Waals surface area contributed by atoms with Crippen LogP contribution in [-0.2, 0) is 64.9 Å². The molecule has 142 valence electrons. The van der Waals surface area contributed by atoms with Crippen LogP contribution in [0.2, 0.25) is 0 Å². The maximum absolute atomic E-state index is 9.02. The van der Waals surface area contributed by atoms with Gasteiger partial charge in [-0.05, 0) is 0 Å². The first-order valence-corrected chi connectivity index (χ1v) is 10.6. The predicted molar refractivity (Wildman–Crippen MR) is 84.0 cm³/mol. The van der Waals surface area contributed by atoms with Gasteiger partial charge >= 0.3 is 165 Å². The molecule has 0 fully saturated rings. The molecule has 2 rings (SSSR count). The second kappa shape index (κ2) is 10.7. The topological polar surface area (TPSA) is 60.2 Å². The van der Waals surface area contributed by atoms with E-state index in [9.17, 15) is 0 Å². The zero-order valence-electron chi connectivity index (χ0n) is 13.7. The van der Waals surface area contributed by atoms with Crippen LogP contribution < -0.4 is 0 Å². The Morgan fingerprint density at radius 1 is 0.583 bits per heavy atom. The molecular weight excluding hydrogens is 670 g/mol. The van der Waals surface area contributed by atoms with Gasteiger partial charge in [-0.25, -0.2) is 0 Å². The van der Waals surface area contributed by atoms with Crippen molar-refractivity contribution in [2.75, 3.05) is 13.2 Å². The first-order chi connectivity index (χ1) is 11.7. The Bertz CT molecular complexity index is 667. The monoisotopic (exact) mass is 696 g/mol. The van der Waals surface area contributed by atoms with Crippen LogP contribution in [0.15, 0.2) is 24.8 Å². The fourth-order valence-corrected chi connectivity index (χ4v) is 4.35. The fourth-order valence-electron chi connectivity index (χ4n) is 2.65. The number of hydrogen-bond donors (Lipinski definition) is 2. The Kier molecular flexibility index (Phi) is 8.89. The van der Waals surface area contributed by atoms with Crippen molar-refractivity contribution in [3.05, 3.63) is 32.4 Å². The fraction of sp³-hybridized carbons (Fsp3) is 0.625. The number of aryl methyl sites for hydroxylation is 2. The molecule has 0 amide bonds. The van der Waals surface area contributed by atoms with E-state index in [1.54, 1.807) is 0 Å². The van der Waals surface area contributed by atoms with Crippen molar-refractivity contribution in [2.45, 2.75) is 51.9 Å². The van der Waals surface area contributed by atoms with Gasteiger partial charge < -0.3 is 0 Å². The van der Waals surface area contributed by atoms with E-state index in [4.69, 9.17) is 10.2 Å². The molecule has 0 saturated heterocycles. The van der Waals surface area contributed by atoms with E-state index in [0.29, 0.717) is 13.1 Å². The summed E-state index contributed by atoms with van der Waals surface area (Å²) in [5, 5.41) is 18.0. The SMILES string of the molecule is OCCn1ccn(CCCCCCn2ccn(CCO)[c]2=[Pt])[c]1=[Pt]. The molecule has 0 radical (unpaired) electrons. The molecule has 0 unspecified atom stereocenters. The van der Waals surface area contributed by atoms with Gasteiger partial charge in [0.05, 0.1) is 0 Å². The van der Waals surface area contributed by atoms with Crippen LogP contribution in [0.25, 0.3) is 0 Å².